The highest BCUT2D eigenvalue weighted by atomic mass is 16.3. The van der Waals surface area contributed by atoms with Crippen LogP contribution in [0, 0.1) is 5.92 Å². The number of carbonyl (C=O) groups is 1. The number of hydrogen-bond acceptors (Lipinski definition) is 3. The van der Waals surface area contributed by atoms with Crippen molar-refractivity contribution >= 4 is 5.78 Å². The summed E-state index contributed by atoms with van der Waals surface area (Å²) < 4.78 is 1.73. The summed E-state index contributed by atoms with van der Waals surface area (Å²) in [5.74, 6) is 0.138. The average molecular weight is 222 g/mol. The second-order valence-electron chi connectivity index (χ2n) is 4.53. The number of carbonyl (C=O) groups excluding carboxylic acids is 1. The molecule has 0 saturated heterocycles. The van der Waals surface area contributed by atoms with Crippen LogP contribution in [0.15, 0.2) is 6.07 Å². The van der Waals surface area contributed by atoms with Crippen LogP contribution in [0.25, 0.3) is 0 Å². The molecule has 1 aliphatic rings. The third kappa shape index (κ3) is 2.32. The van der Waals surface area contributed by atoms with E-state index in [4.69, 9.17) is 0 Å². The third-order valence-electron chi connectivity index (χ3n) is 3.14. The number of aryl methyl sites for hydroxylation is 2. The van der Waals surface area contributed by atoms with Crippen LogP contribution in [0.5, 0.6) is 0 Å². The molecule has 16 heavy (non-hydrogen) atoms. The van der Waals surface area contributed by atoms with Gasteiger partial charge in [-0.2, -0.15) is 5.10 Å². The number of hydrogen-bond donors (Lipinski definition) is 1. The second-order valence-corrected chi connectivity index (χ2v) is 4.53. The summed E-state index contributed by atoms with van der Waals surface area (Å²) in [4.78, 5) is 11.8. The number of Topliss-reactive ketones (excluding diaryl/α,β-unsaturated/α-hetero) is 1. The van der Waals surface area contributed by atoms with E-state index in [9.17, 15) is 9.90 Å². The van der Waals surface area contributed by atoms with E-state index in [1.54, 1.807) is 4.68 Å². The summed E-state index contributed by atoms with van der Waals surface area (Å²) in [7, 11) is 1.84. The molecule has 0 bridgehead atoms. The molecule has 0 radical (unpaired) electrons. The SMILES string of the molecule is CCc1cc(CC(=O)C(O)C2CC2)n(C)n1. The Kier molecular flexibility index (Phi) is 3.10. The number of rotatable bonds is 5. The molecule has 1 aromatic rings. The Balaban J connectivity index is 2.01. The van der Waals surface area contributed by atoms with Crippen LogP contribution in [-0.2, 0) is 24.7 Å². The Morgan fingerprint density at radius 3 is 2.88 bits per heavy atom. The molecule has 1 heterocycles. The first-order valence-corrected chi connectivity index (χ1v) is 5.84. The molecule has 0 aliphatic heterocycles. The molecule has 1 atom stereocenters. The molecular weight excluding hydrogens is 204 g/mol. The molecule has 88 valence electrons. The molecule has 1 aliphatic carbocycles. The van der Waals surface area contributed by atoms with Crippen molar-refractivity contribution < 1.29 is 9.90 Å². The minimum Gasteiger partial charge on any atom is -0.385 e. The van der Waals surface area contributed by atoms with Crippen LogP contribution in [0.1, 0.15) is 31.2 Å². The third-order valence-corrected chi connectivity index (χ3v) is 3.14. The molecule has 2 rings (SSSR count). The lowest BCUT2D eigenvalue weighted by atomic mass is 10.1. The van der Waals surface area contributed by atoms with Crippen molar-refractivity contribution in [1.29, 1.82) is 0 Å². The molecule has 1 fully saturated rings. The molecule has 0 amide bonds. The van der Waals surface area contributed by atoms with Gasteiger partial charge < -0.3 is 5.11 Å². The monoisotopic (exact) mass is 222 g/mol. The summed E-state index contributed by atoms with van der Waals surface area (Å²) in [6.45, 7) is 2.03. The fourth-order valence-corrected chi connectivity index (χ4v) is 1.87. The highest BCUT2D eigenvalue weighted by Gasteiger charge is 2.34. The first-order chi connectivity index (χ1) is 7.61. The van der Waals surface area contributed by atoms with E-state index in [0.717, 1.165) is 30.7 Å². The van der Waals surface area contributed by atoms with Crippen LogP contribution in [-0.4, -0.2) is 26.8 Å². The average Bonchev–Trinajstić information content (AvgIpc) is 3.04. The van der Waals surface area contributed by atoms with Crippen LogP contribution in [0.4, 0.5) is 0 Å². The zero-order valence-electron chi connectivity index (χ0n) is 9.81. The van der Waals surface area contributed by atoms with E-state index in [1.165, 1.54) is 0 Å². The van der Waals surface area contributed by atoms with Gasteiger partial charge >= 0.3 is 0 Å². The van der Waals surface area contributed by atoms with Gasteiger partial charge in [0, 0.05) is 12.7 Å². The number of ketones is 1. The zero-order chi connectivity index (χ0) is 11.7. The van der Waals surface area contributed by atoms with E-state index >= 15 is 0 Å². The van der Waals surface area contributed by atoms with Crippen molar-refractivity contribution in [3.8, 4) is 0 Å². The van der Waals surface area contributed by atoms with E-state index in [-0.39, 0.29) is 11.7 Å². The minimum absolute atomic E-state index is 0.0758. The lowest BCUT2D eigenvalue weighted by molar-refractivity contribution is -0.127. The Labute approximate surface area is 95.3 Å². The second kappa shape index (κ2) is 4.37. The summed E-state index contributed by atoms with van der Waals surface area (Å²) in [5, 5.41) is 14.0. The highest BCUT2D eigenvalue weighted by Crippen LogP contribution is 2.33. The van der Waals surface area contributed by atoms with Gasteiger partial charge in [0.2, 0.25) is 0 Å². The fourth-order valence-electron chi connectivity index (χ4n) is 1.87. The van der Waals surface area contributed by atoms with E-state index < -0.39 is 6.10 Å². The lowest BCUT2D eigenvalue weighted by Crippen LogP contribution is -2.25. The number of aromatic nitrogens is 2. The standard InChI is InChI=1S/C12H18N2O2/c1-3-9-6-10(14(2)13-9)7-11(15)12(16)8-4-5-8/h6,8,12,16H,3-5,7H2,1-2H3. The van der Waals surface area contributed by atoms with E-state index in [1.807, 2.05) is 20.0 Å². The maximum absolute atomic E-state index is 11.8. The van der Waals surface area contributed by atoms with Gasteiger partial charge in [-0.15, -0.1) is 0 Å². The Bertz CT molecular complexity index is 394. The molecule has 1 saturated carbocycles. The topological polar surface area (TPSA) is 55.1 Å². The molecule has 0 spiro atoms. The Morgan fingerprint density at radius 2 is 2.38 bits per heavy atom. The number of aliphatic hydroxyl groups excluding tert-OH is 1. The molecule has 4 heteroatoms. The molecule has 4 nitrogen and oxygen atoms in total. The predicted molar refractivity (Wildman–Crippen MR) is 60.0 cm³/mol. The first kappa shape index (κ1) is 11.3. The molecule has 1 N–H and O–H groups in total. The number of aliphatic hydroxyl groups is 1. The molecule has 1 aromatic heterocycles. The number of nitrogens with zero attached hydrogens (tertiary/aromatic N) is 2. The maximum atomic E-state index is 11.8. The highest BCUT2D eigenvalue weighted by molar-refractivity contribution is 5.85. The van der Waals surface area contributed by atoms with Gasteiger partial charge in [0.05, 0.1) is 12.1 Å². The van der Waals surface area contributed by atoms with Crippen molar-refractivity contribution in [2.24, 2.45) is 13.0 Å². The van der Waals surface area contributed by atoms with Gasteiger partial charge in [0.15, 0.2) is 5.78 Å². The van der Waals surface area contributed by atoms with E-state index in [2.05, 4.69) is 5.10 Å². The van der Waals surface area contributed by atoms with Gasteiger partial charge in [0.25, 0.3) is 0 Å². The van der Waals surface area contributed by atoms with Crippen molar-refractivity contribution in [3.05, 3.63) is 17.5 Å². The van der Waals surface area contributed by atoms with Gasteiger partial charge in [-0.25, -0.2) is 0 Å². The normalized spacial score (nSPS) is 17.4. The van der Waals surface area contributed by atoms with Gasteiger partial charge in [-0.05, 0) is 31.2 Å². The maximum Gasteiger partial charge on any atom is 0.167 e. The van der Waals surface area contributed by atoms with Gasteiger partial charge in [0.1, 0.15) is 6.10 Å². The predicted octanol–water partition coefficient (Wildman–Crippen LogP) is 0.865. The van der Waals surface area contributed by atoms with Crippen molar-refractivity contribution in [3.63, 3.8) is 0 Å². The summed E-state index contributed by atoms with van der Waals surface area (Å²) in [5.41, 5.74) is 1.88. The first-order valence-electron chi connectivity index (χ1n) is 5.84. The summed E-state index contributed by atoms with van der Waals surface area (Å²) in [6.07, 6.45) is 2.37. The van der Waals surface area contributed by atoms with Crippen LogP contribution in [0.3, 0.4) is 0 Å². The summed E-state index contributed by atoms with van der Waals surface area (Å²) in [6, 6.07) is 1.94. The van der Waals surface area contributed by atoms with Crippen molar-refractivity contribution in [2.45, 2.75) is 38.7 Å². The Hall–Kier alpha value is -1.16. The zero-order valence-corrected chi connectivity index (χ0v) is 9.81. The fraction of sp³-hybridized carbons (Fsp3) is 0.667. The molecule has 0 aromatic carbocycles. The van der Waals surface area contributed by atoms with Crippen LogP contribution in [0.2, 0.25) is 0 Å². The lowest BCUT2D eigenvalue weighted by Gasteiger charge is -2.07. The van der Waals surface area contributed by atoms with Crippen molar-refractivity contribution in [2.75, 3.05) is 0 Å². The molecule has 1 unspecified atom stereocenters. The van der Waals surface area contributed by atoms with Gasteiger partial charge in [-0.3, -0.25) is 9.48 Å². The summed E-state index contributed by atoms with van der Waals surface area (Å²) >= 11 is 0. The quantitative estimate of drug-likeness (QED) is 0.804. The van der Waals surface area contributed by atoms with Crippen molar-refractivity contribution in [1.82, 2.24) is 9.78 Å². The smallest absolute Gasteiger partial charge is 0.167 e. The Morgan fingerprint density at radius 1 is 1.69 bits per heavy atom. The largest absolute Gasteiger partial charge is 0.385 e. The van der Waals surface area contributed by atoms with Crippen LogP contribution < -0.4 is 0 Å². The molecular formula is C12H18N2O2. The van der Waals surface area contributed by atoms with Gasteiger partial charge in [-0.1, -0.05) is 6.92 Å². The van der Waals surface area contributed by atoms with E-state index in [0.29, 0.717) is 6.42 Å². The van der Waals surface area contributed by atoms with Crippen LogP contribution >= 0.6 is 0 Å². The minimum atomic E-state index is -0.764.